The van der Waals surface area contributed by atoms with Gasteiger partial charge in [0.1, 0.15) is 0 Å². The summed E-state index contributed by atoms with van der Waals surface area (Å²) in [6.07, 6.45) is 1.90. The molecule has 0 aliphatic heterocycles. The second-order valence-electron chi connectivity index (χ2n) is 4.86. The van der Waals surface area contributed by atoms with Crippen LogP contribution in [-0.2, 0) is 0 Å². The van der Waals surface area contributed by atoms with Crippen LogP contribution in [0.25, 0.3) is 5.69 Å². The molecule has 2 rings (SSSR count). The van der Waals surface area contributed by atoms with E-state index in [-0.39, 0.29) is 0 Å². The summed E-state index contributed by atoms with van der Waals surface area (Å²) in [7, 11) is 0. The molecule has 2 N–H and O–H groups in total. The summed E-state index contributed by atoms with van der Waals surface area (Å²) >= 11 is 0. The molecule has 3 nitrogen and oxygen atoms in total. The normalized spacial score (nSPS) is 11.1. The van der Waals surface area contributed by atoms with Crippen molar-refractivity contribution in [2.75, 3.05) is 5.73 Å². The third kappa shape index (κ3) is 2.18. The number of benzene rings is 1. The molecule has 0 aliphatic rings. The Kier molecular flexibility index (Phi) is 2.92. The van der Waals surface area contributed by atoms with Crippen molar-refractivity contribution >= 4 is 5.69 Å². The predicted octanol–water partition coefficient (Wildman–Crippen LogP) is 3.19. The van der Waals surface area contributed by atoms with Gasteiger partial charge in [0.15, 0.2) is 0 Å². The molecule has 2 aromatic rings. The fraction of sp³-hybridized carbons (Fsp3) is 0.357. The number of anilines is 1. The first kappa shape index (κ1) is 11.7. The lowest BCUT2D eigenvalue weighted by molar-refractivity contribution is 0.767. The number of rotatable bonds is 2. The predicted molar refractivity (Wildman–Crippen MR) is 71.5 cm³/mol. The van der Waals surface area contributed by atoms with Crippen molar-refractivity contribution in [2.45, 2.75) is 33.6 Å². The Morgan fingerprint density at radius 3 is 2.53 bits per heavy atom. The van der Waals surface area contributed by atoms with E-state index in [1.807, 2.05) is 10.9 Å². The van der Waals surface area contributed by atoms with Gasteiger partial charge in [-0.15, -0.1) is 0 Å². The van der Waals surface area contributed by atoms with Crippen LogP contribution in [0.5, 0.6) is 0 Å². The molecule has 0 saturated carbocycles. The van der Waals surface area contributed by atoms with Crippen LogP contribution < -0.4 is 5.73 Å². The number of aromatic nitrogens is 2. The van der Waals surface area contributed by atoms with Crippen molar-refractivity contribution in [2.24, 2.45) is 0 Å². The van der Waals surface area contributed by atoms with Gasteiger partial charge < -0.3 is 5.73 Å². The lowest BCUT2D eigenvalue weighted by Gasteiger charge is -2.07. The minimum atomic E-state index is 0.348. The SMILES string of the molecule is Cc1ccc(C)c(-n2cc(N)c(C(C)C)n2)c1. The minimum Gasteiger partial charge on any atom is -0.396 e. The zero-order valence-corrected chi connectivity index (χ0v) is 10.9. The molecule has 0 fully saturated rings. The van der Waals surface area contributed by atoms with Gasteiger partial charge in [-0.1, -0.05) is 26.0 Å². The first-order chi connectivity index (χ1) is 7.99. The van der Waals surface area contributed by atoms with E-state index in [0.29, 0.717) is 5.92 Å². The number of hydrogen-bond acceptors (Lipinski definition) is 2. The van der Waals surface area contributed by atoms with Gasteiger partial charge in [-0.25, -0.2) is 4.68 Å². The molecule has 0 unspecified atom stereocenters. The van der Waals surface area contributed by atoms with Crippen LogP contribution in [0.2, 0.25) is 0 Å². The third-order valence-corrected chi connectivity index (χ3v) is 2.93. The molecule has 0 spiro atoms. The molecular weight excluding hydrogens is 210 g/mol. The molecule has 3 heteroatoms. The van der Waals surface area contributed by atoms with Gasteiger partial charge in [0.05, 0.1) is 23.3 Å². The second kappa shape index (κ2) is 4.24. The maximum Gasteiger partial charge on any atom is 0.0883 e. The standard InChI is InChI=1S/C14H19N3/c1-9(2)14-12(15)8-17(16-14)13-7-10(3)5-6-11(13)4/h5-9H,15H2,1-4H3. The summed E-state index contributed by atoms with van der Waals surface area (Å²) in [6, 6.07) is 6.35. The van der Waals surface area contributed by atoms with Gasteiger partial charge in [-0.2, -0.15) is 5.10 Å². The van der Waals surface area contributed by atoms with Crippen LogP contribution in [-0.4, -0.2) is 9.78 Å². The summed E-state index contributed by atoms with van der Waals surface area (Å²) in [5, 5.41) is 4.57. The average Bonchev–Trinajstić information content (AvgIpc) is 2.64. The van der Waals surface area contributed by atoms with Crippen LogP contribution in [0.4, 0.5) is 5.69 Å². The highest BCUT2D eigenvalue weighted by molar-refractivity contribution is 5.48. The molecule has 0 saturated heterocycles. The molecule has 0 aliphatic carbocycles. The molecule has 1 heterocycles. The zero-order chi connectivity index (χ0) is 12.6. The van der Waals surface area contributed by atoms with E-state index >= 15 is 0 Å². The quantitative estimate of drug-likeness (QED) is 0.859. The molecule has 1 aromatic heterocycles. The Morgan fingerprint density at radius 1 is 1.24 bits per heavy atom. The van der Waals surface area contributed by atoms with E-state index in [4.69, 9.17) is 5.73 Å². The van der Waals surface area contributed by atoms with E-state index in [1.54, 1.807) is 0 Å². The van der Waals surface area contributed by atoms with E-state index in [0.717, 1.165) is 17.1 Å². The van der Waals surface area contributed by atoms with Crippen LogP contribution in [0.3, 0.4) is 0 Å². The maximum atomic E-state index is 5.98. The summed E-state index contributed by atoms with van der Waals surface area (Å²) < 4.78 is 1.88. The van der Waals surface area contributed by atoms with Crippen molar-refractivity contribution in [3.05, 3.63) is 41.2 Å². The smallest absolute Gasteiger partial charge is 0.0883 e. The Morgan fingerprint density at radius 2 is 1.94 bits per heavy atom. The van der Waals surface area contributed by atoms with Crippen molar-refractivity contribution < 1.29 is 0 Å². The van der Waals surface area contributed by atoms with E-state index in [2.05, 4.69) is 51.0 Å². The number of nitrogen functional groups attached to an aromatic ring is 1. The topological polar surface area (TPSA) is 43.8 Å². The minimum absolute atomic E-state index is 0.348. The second-order valence-corrected chi connectivity index (χ2v) is 4.86. The van der Waals surface area contributed by atoms with Crippen LogP contribution in [0, 0.1) is 13.8 Å². The van der Waals surface area contributed by atoms with Crippen molar-refractivity contribution in [3.8, 4) is 5.69 Å². The molecule has 17 heavy (non-hydrogen) atoms. The molecule has 0 amide bonds. The number of aryl methyl sites for hydroxylation is 2. The summed E-state index contributed by atoms with van der Waals surface area (Å²) in [6.45, 7) is 8.37. The fourth-order valence-electron chi connectivity index (χ4n) is 1.94. The van der Waals surface area contributed by atoms with Gasteiger partial charge in [0.25, 0.3) is 0 Å². The maximum absolute atomic E-state index is 5.98. The van der Waals surface area contributed by atoms with Gasteiger partial charge in [-0.05, 0) is 37.0 Å². The van der Waals surface area contributed by atoms with E-state index < -0.39 is 0 Å². The Labute approximate surface area is 102 Å². The molecule has 90 valence electrons. The zero-order valence-electron chi connectivity index (χ0n) is 10.9. The third-order valence-electron chi connectivity index (χ3n) is 2.93. The molecule has 0 bridgehead atoms. The number of hydrogen-bond donors (Lipinski definition) is 1. The molecule has 0 radical (unpaired) electrons. The van der Waals surface area contributed by atoms with Crippen molar-refractivity contribution in [1.29, 1.82) is 0 Å². The van der Waals surface area contributed by atoms with Gasteiger partial charge in [-0.3, -0.25) is 0 Å². The first-order valence-corrected chi connectivity index (χ1v) is 5.91. The van der Waals surface area contributed by atoms with E-state index in [1.165, 1.54) is 11.1 Å². The monoisotopic (exact) mass is 229 g/mol. The van der Waals surface area contributed by atoms with Gasteiger partial charge in [0, 0.05) is 0 Å². The van der Waals surface area contributed by atoms with Gasteiger partial charge >= 0.3 is 0 Å². The average molecular weight is 229 g/mol. The van der Waals surface area contributed by atoms with Crippen molar-refractivity contribution in [3.63, 3.8) is 0 Å². The van der Waals surface area contributed by atoms with Crippen LogP contribution >= 0.6 is 0 Å². The summed E-state index contributed by atoms with van der Waals surface area (Å²) in [5.74, 6) is 0.348. The summed E-state index contributed by atoms with van der Waals surface area (Å²) in [4.78, 5) is 0. The van der Waals surface area contributed by atoms with Gasteiger partial charge in [0.2, 0.25) is 0 Å². The number of nitrogens with two attached hydrogens (primary N) is 1. The van der Waals surface area contributed by atoms with Crippen LogP contribution in [0.15, 0.2) is 24.4 Å². The lowest BCUT2D eigenvalue weighted by Crippen LogP contribution is -2.00. The lowest BCUT2D eigenvalue weighted by atomic mass is 10.1. The molecule has 1 aromatic carbocycles. The molecule has 0 atom stereocenters. The largest absolute Gasteiger partial charge is 0.396 e. The highest BCUT2D eigenvalue weighted by Gasteiger charge is 2.11. The Hall–Kier alpha value is -1.77. The fourth-order valence-corrected chi connectivity index (χ4v) is 1.94. The Bertz CT molecular complexity index is 538. The van der Waals surface area contributed by atoms with Crippen molar-refractivity contribution in [1.82, 2.24) is 9.78 Å². The van der Waals surface area contributed by atoms with Crippen LogP contribution in [0.1, 0.15) is 36.6 Å². The highest BCUT2D eigenvalue weighted by atomic mass is 15.3. The summed E-state index contributed by atoms with van der Waals surface area (Å²) in [5.41, 5.74) is 11.2. The first-order valence-electron chi connectivity index (χ1n) is 5.91. The Balaban J connectivity index is 2.53. The molecular formula is C14H19N3. The highest BCUT2D eigenvalue weighted by Crippen LogP contribution is 2.23. The van der Waals surface area contributed by atoms with E-state index in [9.17, 15) is 0 Å². The number of nitrogens with zero attached hydrogens (tertiary/aromatic N) is 2.